The lowest BCUT2D eigenvalue weighted by Crippen LogP contribution is -2.12. The first kappa shape index (κ1) is 15.6. The lowest BCUT2D eigenvalue weighted by atomic mass is 9.93. The largest absolute Gasteiger partial charge is 0.303 e. The lowest BCUT2D eigenvalue weighted by Gasteiger charge is -2.10. The van der Waals surface area contributed by atoms with Gasteiger partial charge in [-0.1, -0.05) is 18.2 Å². The molecule has 1 aromatic rings. The highest BCUT2D eigenvalue weighted by Gasteiger charge is 2.14. The molecule has 0 radical (unpaired) electrons. The molecule has 5 heteroatoms. The predicted molar refractivity (Wildman–Crippen MR) is 70.6 cm³/mol. The summed E-state index contributed by atoms with van der Waals surface area (Å²) >= 11 is 0. The molecule has 0 N–H and O–H groups in total. The molecule has 0 saturated heterocycles. The van der Waals surface area contributed by atoms with Gasteiger partial charge in [-0.05, 0) is 11.1 Å². The highest BCUT2D eigenvalue weighted by Crippen LogP contribution is 2.16. The molecule has 1 aromatic carbocycles. The topological polar surface area (TPSA) is 85.3 Å². The number of hydrogen-bond donors (Lipinski definition) is 0. The Morgan fingerprint density at radius 3 is 2.05 bits per heavy atom. The van der Waals surface area contributed by atoms with Gasteiger partial charge in [0.25, 0.3) is 0 Å². The van der Waals surface area contributed by atoms with Crippen molar-refractivity contribution in [1.29, 1.82) is 0 Å². The molecule has 0 aliphatic heterocycles. The van der Waals surface area contributed by atoms with E-state index in [-0.39, 0.29) is 37.2 Å². The molecular formula is C15H14O5. The summed E-state index contributed by atoms with van der Waals surface area (Å²) in [5.74, 6) is -0.606. The fourth-order valence-corrected chi connectivity index (χ4v) is 1.89. The Kier molecular flexibility index (Phi) is 6.16. The molecule has 0 bridgehead atoms. The summed E-state index contributed by atoms with van der Waals surface area (Å²) in [6.45, 7) is 0. The van der Waals surface area contributed by atoms with Gasteiger partial charge in [0.2, 0.25) is 0 Å². The van der Waals surface area contributed by atoms with Crippen LogP contribution in [0.1, 0.15) is 34.3 Å². The minimum atomic E-state index is -0.321. The van der Waals surface area contributed by atoms with E-state index in [1.807, 2.05) is 0 Å². The Labute approximate surface area is 116 Å². The summed E-state index contributed by atoms with van der Waals surface area (Å²) in [6.07, 6.45) is 1.12. The molecule has 0 heterocycles. The fourth-order valence-electron chi connectivity index (χ4n) is 1.89. The molecule has 0 aromatic heterocycles. The highest BCUT2D eigenvalue weighted by molar-refractivity contribution is 5.95. The van der Waals surface area contributed by atoms with Crippen LogP contribution < -0.4 is 0 Å². The van der Waals surface area contributed by atoms with Crippen molar-refractivity contribution in [3.05, 3.63) is 34.9 Å². The van der Waals surface area contributed by atoms with Gasteiger partial charge in [0.1, 0.15) is 30.4 Å². The number of rotatable bonds is 9. The number of ketones is 2. The van der Waals surface area contributed by atoms with Crippen LogP contribution in [-0.4, -0.2) is 30.4 Å². The van der Waals surface area contributed by atoms with Crippen molar-refractivity contribution in [2.75, 3.05) is 0 Å². The first-order valence-electron chi connectivity index (χ1n) is 6.09. The lowest BCUT2D eigenvalue weighted by molar-refractivity contribution is -0.123. The summed E-state index contributed by atoms with van der Waals surface area (Å²) < 4.78 is 0. The van der Waals surface area contributed by atoms with E-state index in [4.69, 9.17) is 0 Å². The van der Waals surface area contributed by atoms with Crippen LogP contribution in [0.4, 0.5) is 0 Å². The van der Waals surface area contributed by atoms with Gasteiger partial charge in [-0.15, -0.1) is 0 Å². The SMILES string of the molecule is O=CCC(=O)Cc1cccc(C=O)c1CC(=O)CC=O. The van der Waals surface area contributed by atoms with E-state index in [0.29, 0.717) is 35.5 Å². The Balaban J connectivity index is 3.06. The molecule has 0 aliphatic rings. The van der Waals surface area contributed by atoms with Crippen LogP contribution >= 0.6 is 0 Å². The van der Waals surface area contributed by atoms with Crippen LogP contribution in [0, 0.1) is 0 Å². The van der Waals surface area contributed by atoms with Gasteiger partial charge in [0.05, 0.1) is 12.8 Å². The summed E-state index contributed by atoms with van der Waals surface area (Å²) in [7, 11) is 0. The van der Waals surface area contributed by atoms with Gasteiger partial charge in [-0.3, -0.25) is 14.4 Å². The van der Waals surface area contributed by atoms with Crippen molar-refractivity contribution in [2.45, 2.75) is 25.7 Å². The Morgan fingerprint density at radius 1 is 0.900 bits per heavy atom. The number of Topliss-reactive ketones (excluding diaryl/α,β-unsaturated/α-hetero) is 2. The van der Waals surface area contributed by atoms with Crippen molar-refractivity contribution < 1.29 is 24.0 Å². The zero-order valence-electron chi connectivity index (χ0n) is 10.8. The summed E-state index contributed by atoms with van der Waals surface area (Å²) in [6, 6.07) is 4.80. The second-order valence-corrected chi connectivity index (χ2v) is 4.28. The molecule has 0 saturated carbocycles. The minimum absolute atomic E-state index is 0.00980. The van der Waals surface area contributed by atoms with Crippen LogP contribution in [0.3, 0.4) is 0 Å². The van der Waals surface area contributed by atoms with E-state index in [9.17, 15) is 24.0 Å². The maximum Gasteiger partial charge on any atom is 0.150 e. The normalized spacial score (nSPS) is 9.80. The quantitative estimate of drug-likeness (QED) is 0.493. The molecule has 0 unspecified atom stereocenters. The third-order valence-electron chi connectivity index (χ3n) is 2.82. The third-order valence-corrected chi connectivity index (χ3v) is 2.82. The van der Waals surface area contributed by atoms with Gasteiger partial charge < -0.3 is 9.59 Å². The average molecular weight is 274 g/mol. The zero-order chi connectivity index (χ0) is 15.0. The molecule has 20 heavy (non-hydrogen) atoms. The monoisotopic (exact) mass is 274 g/mol. The Bertz CT molecular complexity index is 545. The summed E-state index contributed by atoms with van der Waals surface area (Å²) in [5.41, 5.74) is 1.31. The number of hydrogen-bond acceptors (Lipinski definition) is 5. The van der Waals surface area contributed by atoms with Gasteiger partial charge >= 0.3 is 0 Å². The van der Waals surface area contributed by atoms with E-state index >= 15 is 0 Å². The van der Waals surface area contributed by atoms with Crippen LogP contribution in [-0.2, 0) is 32.0 Å². The van der Waals surface area contributed by atoms with Crippen molar-refractivity contribution in [3.63, 3.8) is 0 Å². The van der Waals surface area contributed by atoms with Gasteiger partial charge in [-0.25, -0.2) is 0 Å². The van der Waals surface area contributed by atoms with Gasteiger partial charge in [0.15, 0.2) is 0 Å². The molecule has 0 atom stereocenters. The fraction of sp³-hybridized carbons (Fsp3) is 0.267. The van der Waals surface area contributed by atoms with Crippen molar-refractivity contribution >= 4 is 30.4 Å². The Morgan fingerprint density at radius 2 is 1.50 bits per heavy atom. The maximum atomic E-state index is 11.6. The molecular weight excluding hydrogens is 260 g/mol. The van der Waals surface area contributed by atoms with E-state index < -0.39 is 0 Å². The Hall–Kier alpha value is -2.43. The number of benzene rings is 1. The van der Waals surface area contributed by atoms with Crippen LogP contribution in [0.25, 0.3) is 0 Å². The molecule has 1 rings (SSSR count). The van der Waals surface area contributed by atoms with Crippen molar-refractivity contribution in [3.8, 4) is 0 Å². The second kappa shape index (κ2) is 7.89. The van der Waals surface area contributed by atoms with E-state index in [2.05, 4.69) is 0 Å². The molecule has 0 amide bonds. The zero-order valence-corrected chi connectivity index (χ0v) is 10.8. The molecule has 5 nitrogen and oxygen atoms in total. The first-order chi connectivity index (χ1) is 9.62. The average Bonchev–Trinajstić information content (AvgIpc) is 2.41. The first-order valence-corrected chi connectivity index (χ1v) is 6.09. The smallest absolute Gasteiger partial charge is 0.150 e. The second-order valence-electron chi connectivity index (χ2n) is 4.28. The molecule has 0 aliphatic carbocycles. The number of aldehydes is 3. The molecule has 0 spiro atoms. The third kappa shape index (κ3) is 4.35. The van der Waals surface area contributed by atoms with Crippen LogP contribution in [0.5, 0.6) is 0 Å². The predicted octanol–water partition coefficient (Wildman–Crippen LogP) is 0.900. The summed E-state index contributed by atoms with van der Waals surface area (Å²) in [4.78, 5) is 54.7. The molecule has 104 valence electrons. The highest BCUT2D eigenvalue weighted by atomic mass is 16.1. The maximum absolute atomic E-state index is 11.6. The van der Waals surface area contributed by atoms with Crippen molar-refractivity contribution in [2.24, 2.45) is 0 Å². The molecule has 0 fully saturated rings. The minimum Gasteiger partial charge on any atom is -0.303 e. The number of carbonyl (C=O) groups is 5. The summed E-state index contributed by atoms with van der Waals surface area (Å²) in [5, 5.41) is 0. The van der Waals surface area contributed by atoms with Crippen LogP contribution in [0.15, 0.2) is 18.2 Å². The van der Waals surface area contributed by atoms with Crippen LogP contribution in [0.2, 0.25) is 0 Å². The van der Waals surface area contributed by atoms with Gasteiger partial charge in [-0.2, -0.15) is 0 Å². The van der Waals surface area contributed by atoms with E-state index in [1.165, 1.54) is 0 Å². The standard InChI is InChI=1S/C15H14O5/c16-6-4-13(19)8-11-2-1-3-12(10-18)15(11)9-14(20)5-7-17/h1-3,6-7,10H,4-5,8-9H2. The van der Waals surface area contributed by atoms with E-state index in [1.54, 1.807) is 18.2 Å². The van der Waals surface area contributed by atoms with Gasteiger partial charge in [0, 0.05) is 18.4 Å². The number of carbonyl (C=O) groups excluding carboxylic acids is 5. The van der Waals surface area contributed by atoms with Crippen molar-refractivity contribution in [1.82, 2.24) is 0 Å². The van der Waals surface area contributed by atoms with E-state index in [0.717, 1.165) is 0 Å².